The zero-order chi connectivity index (χ0) is 11.0. The lowest BCUT2D eigenvalue weighted by Crippen LogP contribution is -1.75. The predicted octanol–water partition coefficient (Wildman–Crippen LogP) is 4.17. The van der Waals surface area contributed by atoms with Crippen LogP contribution in [0.3, 0.4) is 0 Å². The summed E-state index contributed by atoms with van der Waals surface area (Å²) >= 11 is 1.72. The summed E-state index contributed by atoms with van der Waals surface area (Å²) in [5.74, 6) is 1.62. The fourth-order valence-corrected chi connectivity index (χ4v) is 2.68. The molecular weight excluding hydrogens is 220 g/mol. The summed E-state index contributed by atoms with van der Waals surface area (Å²) in [7, 11) is 1.64. The van der Waals surface area contributed by atoms with E-state index in [4.69, 9.17) is 9.15 Å². The molecule has 0 bridgehead atoms. The highest BCUT2D eigenvalue weighted by Gasteiger charge is 2.08. The predicted molar refractivity (Wildman–Crippen MR) is 66.1 cm³/mol. The van der Waals surface area contributed by atoms with Crippen molar-refractivity contribution < 1.29 is 9.15 Å². The Labute approximate surface area is 97.1 Å². The molecule has 80 valence electrons. The molecule has 3 aromatic rings. The summed E-state index contributed by atoms with van der Waals surface area (Å²) in [6.45, 7) is 0. The number of thiophene rings is 1. The van der Waals surface area contributed by atoms with Gasteiger partial charge in [0.15, 0.2) is 5.75 Å². The van der Waals surface area contributed by atoms with E-state index in [2.05, 4.69) is 18.2 Å². The fourth-order valence-electron chi connectivity index (χ4n) is 1.66. The van der Waals surface area contributed by atoms with Gasteiger partial charge in [-0.2, -0.15) is 0 Å². The number of rotatable bonds is 2. The first kappa shape index (κ1) is 9.48. The maximum Gasteiger partial charge on any atom is 0.157 e. The summed E-state index contributed by atoms with van der Waals surface area (Å²) in [5.41, 5.74) is 0. The van der Waals surface area contributed by atoms with E-state index in [9.17, 15) is 0 Å². The minimum atomic E-state index is 0.757. The number of ether oxygens (including phenoxy) is 1. The van der Waals surface area contributed by atoms with Gasteiger partial charge >= 0.3 is 0 Å². The van der Waals surface area contributed by atoms with Crippen LogP contribution in [0.5, 0.6) is 5.75 Å². The Morgan fingerprint density at radius 1 is 1.19 bits per heavy atom. The molecule has 0 atom stereocenters. The molecule has 1 aromatic carbocycles. The van der Waals surface area contributed by atoms with Crippen molar-refractivity contribution in [2.45, 2.75) is 0 Å². The standard InChI is InChI=1S/C13H10O2S/c1-14-10-7-11(15-8-10)13-6-9-4-2-3-5-12(9)16-13/h2-8H,1H3. The van der Waals surface area contributed by atoms with Gasteiger partial charge in [0.25, 0.3) is 0 Å². The average Bonchev–Trinajstić information content (AvgIpc) is 2.95. The van der Waals surface area contributed by atoms with Gasteiger partial charge in [-0.3, -0.25) is 0 Å². The van der Waals surface area contributed by atoms with Crippen molar-refractivity contribution in [2.75, 3.05) is 7.11 Å². The number of fused-ring (bicyclic) bond motifs is 1. The second kappa shape index (κ2) is 3.68. The quantitative estimate of drug-likeness (QED) is 0.659. The van der Waals surface area contributed by atoms with E-state index in [-0.39, 0.29) is 0 Å². The Morgan fingerprint density at radius 3 is 2.81 bits per heavy atom. The molecule has 0 radical (unpaired) electrons. The third-order valence-corrected chi connectivity index (χ3v) is 3.61. The van der Waals surface area contributed by atoms with Gasteiger partial charge in [-0.25, -0.2) is 0 Å². The molecule has 2 aromatic heterocycles. The van der Waals surface area contributed by atoms with Crippen molar-refractivity contribution >= 4 is 21.4 Å². The van der Waals surface area contributed by atoms with Gasteiger partial charge in [0.05, 0.1) is 12.0 Å². The highest BCUT2D eigenvalue weighted by Crippen LogP contribution is 2.35. The molecule has 0 spiro atoms. The Balaban J connectivity index is 2.11. The third-order valence-electron chi connectivity index (χ3n) is 2.48. The molecule has 0 unspecified atom stereocenters. The summed E-state index contributed by atoms with van der Waals surface area (Å²) in [6.07, 6.45) is 1.62. The SMILES string of the molecule is COc1coc(-c2cc3ccccc3s2)c1. The van der Waals surface area contributed by atoms with Crippen molar-refractivity contribution in [3.63, 3.8) is 0 Å². The summed E-state index contributed by atoms with van der Waals surface area (Å²) in [4.78, 5) is 1.13. The summed E-state index contributed by atoms with van der Waals surface area (Å²) in [5, 5.41) is 1.25. The molecule has 0 N–H and O–H groups in total. The third kappa shape index (κ3) is 1.49. The summed E-state index contributed by atoms with van der Waals surface area (Å²) in [6, 6.07) is 12.4. The number of hydrogen-bond acceptors (Lipinski definition) is 3. The molecule has 0 fully saturated rings. The van der Waals surface area contributed by atoms with Crippen LogP contribution in [0.1, 0.15) is 0 Å². The van der Waals surface area contributed by atoms with Crippen molar-refractivity contribution in [3.8, 4) is 16.4 Å². The van der Waals surface area contributed by atoms with E-state index in [1.807, 2.05) is 18.2 Å². The second-order valence-electron chi connectivity index (χ2n) is 3.50. The van der Waals surface area contributed by atoms with Crippen LogP contribution in [-0.2, 0) is 0 Å². The minimum absolute atomic E-state index is 0.757. The van der Waals surface area contributed by atoms with Crippen LogP contribution >= 0.6 is 11.3 Å². The number of furan rings is 1. The van der Waals surface area contributed by atoms with E-state index in [1.165, 1.54) is 10.1 Å². The van der Waals surface area contributed by atoms with Crippen LogP contribution in [-0.4, -0.2) is 7.11 Å². The number of methoxy groups -OCH3 is 1. The van der Waals surface area contributed by atoms with E-state index in [0.29, 0.717) is 0 Å². The molecule has 3 rings (SSSR count). The second-order valence-corrected chi connectivity index (χ2v) is 4.58. The first-order chi connectivity index (χ1) is 7.86. The van der Waals surface area contributed by atoms with Crippen LogP contribution in [0.15, 0.2) is 47.1 Å². The maximum absolute atomic E-state index is 5.46. The molecule has 0 aliphatic rings. The van der Waals surface area contributed by atoms with Crippen molar-refractivity contribution in [2.24, 2.45) is 0 Å². The first-order valence-electron chi connectivity index (χ1n) is 4.98. The van der Waals surface area contributed by atoms with Crippen LogP contribution in [0, 0.1) is 0 Å². The fraction of sp³-hybridized carbons (Fsp3) is 0.0769. The molecule has 2 nitrogen and oxygen atoms in total. The van der Waals surface area contributed by atoms with Gasteiger partial charge in [-0.05, 0) is 17.5 Å². The number of hydrogen-bond donors (Lipinski definition) is 0. The van der Waals surface area contributed by atoms with E-state index < -0.39 is 0 Å². The monoisotopic (exact) mass is 230 g/mol. The smallest absolute Gasteiger partial charge is 0.157 e. The molecule has 3 heteroatoms. The van der Waals surface area contributed by atoms with Gasteiger partial charge in [-0.15, -0.1) is 11.3 Å². The maximum atomic E-state index is 5.46. The van der Waals surface area contributed by atoms with Gasteiger partial charge in [0, 0.05) is 10.8 Å². The molecular formula is C13H10O2S. The summed E-state index contributed by atoms with van der Waals surface area (Å²) < 4.78 is 11.8. The van der Waals surface area contributed by atoms with Crippen LogP contribution in [0.25, 0.3) is 20.7 Å². The lowest BCUT2D eigenvalue weighted by molar-refractivity contribution is 0.406. The van der Waals surface area contributed by atoms with Crippen LogP contribution in [0.2, 0.25) is 0 Å². The molecule has 2 heterocycles. The van der Waals surface area contributed by atoms with Gasteiger partial charge in [-0.1, -0.05) is 18.2 Å². The van der Waals surface area contributed by atoms with Crippen molar-refractivity contribution in [3.05, 3.63) is 42.7 Å². The molecule has 0 aliphatic carbocycles. The lowest BCUT2D eigenvalue weighted by atomic mass is 10.2. The highest BCUT2D eigenvalue weighted by molar-refractivity contribution is 7.22. The minimum Gasteiger partial charge on any atom is -0.493 e. The van der Waals surface area contributed by atoms with Crippen LogP contribution in [0.4, 0.5) is 0 Å². The zero-order valence-corrected chi connectivity index (χ0v) is 9.58. The normalized spacial score (nSPS) is 10.8. The van der Waals surface area contributed by atoms with Gasteiger partial charge in [0.2, 0.25) is 0 Å². The molecule has 0 aliphatic heterocycles. The Hall–Kier alpha value is -1.74. The van der Waals surface area contributed by atoms with Crippen molar-refractivity contribution in [1.82, 2.24) is 0 Å². The Bertz CT molecular complexity index is 588. The van der Waals surface area contributed by atoms with Gasteiger partial charge < -0.3 is 9.15 Å². The molecule has 0 saturated heterocycles. The van der Waals surface area contributed by atoms with Crippen LogP contribution < -0.4 is 4.74 Å². The lowest BCUT2D eigenvalue weighted by Gasteiger charge is -1.87. The highest BCUT2D eigenvalue weighted by atomic mass is 32.1. The van der Waals surface area contributed by atoms with Gasteiger partial charge in [0.1, 0.15) is 12.0 Å². The number of benzene rings is 1. The first-order valence-corrected chi connectivity index (χ1v) is 5.80. The average molecular weight is 230 g/mol. The largest absolute Gasteiger partial charge is 0.493 e. The zero-order valence-electron chi connectivity index (χ0n) is 8.77. The molecule has 16 heavy (non-hydrogen) atoms. The van der Waals surface area contributed by atoms with E-state index >= 15 is 0 Å². The van der Waals surface area contributed by atoms with E-state index in [0.717, 1.165) is 16.4 Å². The van der Waals surface area contributed by atoms with Crippen molar-refractivity contribution in [1.29, 1.82) is 0 Å². The Kier molecular flexibility index (Phi) is 2.18. The van der Waals surface area contributed by atoms with E-state index in [1.54, 1.807) is 24.7 Å². The molecule has 0 saturated carbocycles. The topological polar surface area (TPSA) is 22.4 Å². The Morgan fingerprint density at radius 2 is 2.06 bits per heavy atom. The molecule has 0 amide bonds.